The Kier molecular flexibility index (Phi) is 4.11. The van der Waals surface area contributed by atoms with Crippen molar-refractivity contribution in [2.24, 2.45) is 5.92 Å². The Morgan fingerprint density at radius 2 is 1.95 bits per heavy atom. The number of ketones is 1. The lowest BCUT2D eigenvalue weighted by Crippen LogP contribution is -2.41. The first-order valence-electron chi connectivity index (χ1n) is 7.38. The van der Waals surface area contributed by atoms with E-state index >= 15 is 0 Å². The van der Waals surface area contributed by atoms with Gasteiger partial charge in [0.25, 0.3) is 0 Å². The molecule has 2 aliphatic rings. The molecule has 0 aliphatic carbocycles. The van der Waals surface area contributed by atoms with Crippen LogP contribution < -0.4 is 4.74 Å². The Morgan fingerprint density at radius 3 is 2.57 bits per heavy atom. The molecule has 2 atom stereocenters. The molecule has 2 fully saturated rings. The van der Waals surface area contributed by atoms with Gasteiger partial charge in [0.1, 0.15) is 0 Å². The maximum Gasteiger partial charge on any atom is 0.169 e. The summed E-state index contributed by atoms with van der Waals surface area (Å²) in [5.74, 6) is -0.712. The molecule has 3 nitrogen and oxygen atoms in total. The number of ether oxygens (including phenoxy) is 1. The summed E-state index contributed by atoms with van der Waals surface area (Å²) in [7, 11) is 0.576. The van der Waals surface area contributed by atoms with Crippen LogP contribution in [-0.2, 0) is 10.8 Å². The van der Waals surface area contributed by atoms with Gasteiger partial charge in [-0.05, 0) is 37.8 Å². The van der Waals surface area contributed by atoms with Gasteiger partial charge in [0.05, 0.1) is 12.7 Å². The molecule has 2 saturated heterocycles. The van der Waals surface area contributed by atoms with Gasteiger partial charge in [0.2, 0.25) is 0 Å². The van der Waals surface area contributed by atoms with Crippen LogP contribution in [0, 0.1) is 11.7 Å². The van der Waals surface area contributed by atoms with Gasteiger partial charge >= 0.3 is 0 Å². The first-order valence-corrected chi connectivity index (χ1v) is 8.65. The number of rotatable bonds is 3. The second kappa shape index (κ2) is 5.87. The molecule has 0 amide bonds. The van der Waals surface area contributed by atoms with E-state index < -0.39 is 16.6 Å². The summed E-state index contributed by atoms with van der Waals surface area (Å²) >= 11 is 0. The highest BCUT2D eigenvalue weighted by Crippen LogP contribution is 2.39. The Morgan fingerprint density at radius 1 is 1.29 bits per heavy atom. The average molecular weight is 310 g/mol. The van der Waals surface area contributed by atoms with Gasteiger partial charge in [-0.15, -0.1) is 0 Å². The highest BCUT2D eigenvalue weighted by atomic mass is 32.2. The molecule has 0 aromatic heterocycles. The fourth-order valence-electron chi connectivity index (χ4n) is 3.58. The van der Waals surface area contributed by atoms with Gasteiger partial charge in [-0.1, -0.05) is 12.5 Å². The van der Waals surface area contributed by atoms with Gasteiger partial charge in [-0.3, -0.25) is 9.00 Å². The molecule has 2 unspecified atom stereocenters. The Balaban J connectivity index is 1.86. The number of halogens is 1. The molecule has 1 aromatic rings. The van der Waals surface area contributed by atoms with Crippen molar-refractivity contribution in [3.63, 3.8) is 0 Å². The predicted molar refractivity (Wildman–Crippen MR) is 79.6 cm³/mol. The Hall–Kier alpha value is -1.23. The number of carbonyl (C=O) groups is 1. The fourth-order valence-corrected chi connectivity index (χ4v) is 5.76. The highest BCUT2D eigenvalue weighted by Gasteiger charge is 2.41. The van der Waals surface area contributed by atoms with Gasteiger partial charge in [-0.2, -0.15) is 0 Å². The van der Waals surface area contributed by atoms with Crippen molar-refractivity contribution in [1.82, 2.24) is 0 Å². The quantitative estimate of drug-likeness (QED) is 0.806. The maximum atomic E-state index is 13.7. The van der Waals surface area contributed by atoms with E-state index in [1.54, 1.807) is 6.07 Å². The average Bonchev–Trinajstić information content (AvgIpc) is 2.46. The van der Waals surface area contributed by atoms with Crippen LogP contribution in [0.25, 0.3) is 0 Å². The van der Waals surface area contributed by atoms with Crippen molar-refractivity contribution < 1.29 is 18.1 Å². The van der Waals surface area contributed by atoms with Gasteiger partial charge in [0, 0.05) is 27.2 Å². The Bertz CT molecular complexity index is 571. The first kappa shape index (κ1) is 14.7. The lowest BCUT2D eigenvalue weighted by atomic mass is 9.84. The number of Topliss-reactive ketones (excluding diaryl/α,β-unsaturated/α-hetero) is 1. The predicted octanol–water partition coefficient (Wildman–Crippen LogP) is 3.10. The number of hydrogen-bond donors (Lipinski definition) is 0. The molecule has 0 N–H and O–H groups in total. The van der Waals surface area contributed by atoms with Gasteiger partial charge in [-0.25, -0.2) is 4.39 Å². The molecule has 5 heteroatoms. The van der Waals surface area contributed by atoms with Crippen molar-refractivity contribution in [2.45, 2.75) is 42.6 Å². The summed E-state index contributed by atoms with van der Waals surface area (Å²) in [6.07, 6.45) is 4.29. The molecule has 21 heavy (non-hydrogen) atoms. The Labute approximate surface area is 126 Å². The van der Waals surface area contributed by atoms with Gasteiger partial charge in [0.15, 0.2) is 17.3 Å². The fraction of sp³-hybridized carbons (Fsp3) is 0.562. The molecule has 3 rings (SSSR count). The minimum absolute atomic E-state index is 0.0272. The summed E-state index contributed by atoms with van der Waals surface area (Å²) in [5, 5.41) is 0.261. The smallest absolute Gasteiger partial charge is 0.169 e. The standard InChI is InChI=1S/C16H19FO3S/c1-20-16-13(6-3-7-14(16)17)15(18)10-8-11-4-2-5-12(9-10)21(11)19/h3,6-7,10-12H,2,4-5,8-9H2,1H3. The van der Waals surface area contributed by atoms with Crippen LogP contribution in [0.2, 0.25) is 0 Å². The summed E-state index contributed by atoms with van der Waals surface area (Å²) in [6.45, 7) is 0. The minimum Gasteiger partial charge on any atom is -0.493 e. The van der Waals surface area contributed by atoms with E-state index in [9.17, 15) is 13.4 Å². The lowest BCUT2D eigenvalue weighted by molar-refractivity contribution is 0.0891. The van der Waals surface area contributed by atoms with Crippen LogP contribution in [0.15, 0.2) is 18.2 Å². The van der Waals surface area contributed by atoms with Crippen molar-refractivity contribution in [1.29, 1.82) is 0 Å². The van der Waals surface area contributed by atoms with E-state index in [4.69, 9.17) is 4.74 Å². The molecular formula is C16H19FO3S. The van der Waals surface area contributed by atoms with Crippen molar-refractivity contribution in [3.05, 3.63) is 29.6 Å². The molecule has 0 radical (unpaired) electrons. The SMILES string of the molecule is COc1c(F)cccc1C(=O)C1CC2CCCC(C1)S2=O. The second-order valence-electron chi connectivity index (χ2n) is 5.86. The number of methoxy groups -OCH3 is 1. The third-order valence-electron chi connectivity index (χ3n) is 4.61. The van der Waals surface area contributed by atoms with Crippen LogP contribution in [0.5, 0.6) is 5.75 Å². The molecule has 0 spiro atoms. The van der Waals surface area contributed by atoms with Crippen molar-refractivity contribution in [2.75, 3.05) is 7.11 Å². The van der Waals surface area contributed by atoms with Gasteiger partial charge < -0.3 is 4.74 Å². The van der Waals surface area contributed by atoms with Crippen molar-refractivity contribution >= 4 is 16.6 Å². The maximum absolute atomic E-state index is 13.7. The zero-order valence-corrected chi connectivity index (χ0v) is 12.8. The van der Waals surface area contributed by atoms with E-state index in [-0.39, 0.29) is 28.0 Å². The lowest BCUT2D eigenvalue weighted by Gasteiger charge is -2.37. The summed E-state index contributed by atoms with van der Waals surface area (Å²) in [6, 6.07) is 4.44. The second-order valence-corrected chi connectivity index (χ2v) is 7.85. The van der Waals surface area contributed by atoms with E-state index in [1.807, 2.05) is 0 Å². The monoisotopic (exact) mass is 310 g/mol. The van der Waals surface area contributed by atoms with Crippen LogP contribution in [0.4, 0.5) is 4.39 Å². The number of carbonyl (C=O) groups excluding carboxylic acids is 1. The number of para-hydroxylation sites is 1. The van der Waals surface area contributed by atoms with Crippen LogP contribution in [0.1, 0.15) is 42.5 Å². The minimum atomic E-state index is -0.799. The zero-order valence-electron chi connectivity index (χ0n) is 12.0. The van der Waals surface area contributed by atoms with Crippen LogP contribution in [0.3, 0.4) is 0 Å². The molecule has 0 saturated carbocycles. The van der Waals surface area contributed by atoms with Crippen LogP contribution >= 0.6 is 0 Å². The number of hydrogen-bond acceptors (Lipinski definition) is 3. The topological polar surface area (TPSA) is 43.4 Å². The molecule has 2 heterocycles. The summed E-state index contributed by atoms with van der Waals surface area (Å²) in [4.78, 5) is 12.7. The van der Waals surface area contributed by atoms with E-state index in [1.165, 1.54) is 19.2 Å². The summed E-state index contributed by atoms with van der Waals surface area (Å²) < 4.78 is 31.0. The summed E-state index contributed by atoms with van der Waals surface area (Å²) in [5.41, 5.74) is 0.313. The van der Waals surface area contributed by atoms with E-state index in [0.717, 1.165) is 19.3 Å². The van der Waals surface area contributed by atoms with E-state index in [0.29, 0.717) is 18.4 Å². The number of fused-ring (bicyclic) bond motifs is 2. The molecule has 114 valence electrons. The zero-order chi connectivity index (χ0) is 15.0. The largest absolute Gasteiger partial charge is 0.493 e. The normalized spacial score (nSPS) is 31.7. The first-order chi connectivity index (χ1) is 10.1. The van der Waals surface area contributed by atoms with E-state index in [2.05, 4.69) is 0 Å². The van der Waals surface area contributed by atoms with Crippen LogP contribution in [-0.4, -0.2) is 27.6 Å². The number of benzene rings is 1. The third kappa shape index (κ3) is 2.63. The van der Waals surface area contributed by atoms with Crippen molar-refractivity contribution in [3.8, 4) is 5.75 Å². The molecule has 1 aromatic carbocycles. The third-order valence-corrected chi connectivity index (χ3v) is 6.78. The highest BCUT2D eigenvalue weighted by molar-refractivity contribution is 7.86. The molecular weight excluding hydrogens is 291 g/mol. The molecule has 2 bridgehead atoms. The molecule has 2 aliphatic heterocycles.